The van der Waals surface area contributed by atoms with Crippen LogP contribution < -0.4 is 0 Å². The minimum absolute atomic E-state index is 0.175. The van der Waals surface area contributed by atoms with Crippen molar-refractivity contribution in [3.05, 3.63) is 42.0 Å². The molecular weight excluding hydrogens is 340 g/mol. The van der Waals surface area contributed by atoms with Crippen molar-refractivity contribution < 1.29 is 14.3 Å². The molecule has 0 aromatic heterocycles. The highest BCUT2D eigenvalue weighted by Crippen LogP contribution is 2.69. The second kappa shape index (κ2) is 5.38. The van der Waals surface area contributed by atoms with Gasteiger partial charge in [0.2, 0.25) is 0 Å². The van der Waals surface area contributed by atoms with E-state index in [2.05, 4.69) is 11.0 Å². The number of fused-ring (bicyclic) bond motifs is 2. The number of aldehydes is 1. The number of para-hydroxylation sites is 1. The van der Waals surface area contributed by atoms with Crippen LogP contribution in [0.1, 0.15) is 31.7 Å². The predicted octanol–water partition coefficient (Wildman–Crippen LogP) is 2.81. The molecule has 1 aliphatic carbocycles. The van der Waals surface area contributed by atoms with Gasteiger partial charge in [-0.3, -0.25) is 14.7 Å². The van der Waals surface area contributed by atoms with Gasteiger partial charge in [-0.1, -0.05) is 30.4 Å². The van der Waals surface area contributed by atoms with Gasteiger partial charge >= 0.3 is 5.97 Å². The predicted molar refractivity (Wildman–Crippen MR) is 102 cm³/mol. The van der Waals surface area contributed by atoms with Crippen LogP contribution in [0.25, 0.3) is 0 Å². The van der Waals surface area contributed by atoms with Gasteiger partial charge in [0.1, 0.15) is 11.7 Å². The first-order valence-electron chi connectivity index (χ1n) is 9.71. The van der Waals surface area contributed by atoms with Crippen molar-refractivity contribution in [3.63, 3.8) is 0 Å². The minimum atomic E-state index is -1.28. The first-order chi connectivity index (χ1) is 13.1. The summed E-state index contributed by atoms with van der Waals surface area (Å²) in [5.74, 6) is -0.422. The van der Waals surface area contributed by atoms with Crippen LogP contribution in [0, 0.1) is 10.8 Å². The van der Waals surface area contributed by atoms with Crippen LogP contribution in [0.5, 0.6) is 0 Å². The van der Waals surface area contributed by atoms with Gasteiger partial charge in [0, 0.05) is 23.7 Å². The Hall–Kier alpha value is -2.27. The molecule has 0 unspecified atom stereocenters. The van der Waals surface area contributed by atoms with E-state index in [0.29, 0.717) is 6.42 Å². The average Bonchev–Trinajstić information content (AvgIpc) is 3.04. The molecule has 3 bridgehead atoms. The standard InChI is InChI=1S/C22H24N2O3/c1-3-8-20-9-11-24-12-10-21(22(20,14-25)19(26)27-2)15-6-4-5-7-16(15)23-18(21)17(24)13-20/h3-8,14,17H,9-13H2,1-2H3/b8-3-/t17-,20+,21+,22+/m1/s1. The zero-order valence-corrected chi connectivity index (χ0v) is 15.8. The number of esters is 1. The van der Waals surface area contributed by atoms with Gasteiger partial charge in [0.05, 0.1) is 18.2 Å². The number of aliphatic imine (C=N–C) groups is 1. The van der Waals surface area contributed by atoms with E-state index < -0.39 is 22.2 Å². The number of ether oxygens (including phenoxy) is 1. The summed E-state index contributed by atoms with van der Waals surface area (Å²) >= 11 is 0. The molecule has 0 spiro atoms. The molecule has 1 saturated carbocycles. The number of benzene rings is 1. The van der Waals surface area contributed by atoms with E-state index >= 15 is 0 Å². The first kappa shape index (κ1) is 16.9. The van der Waals surface area contributed by atoms with Crippen LogP contribution in [-0.2, 0) is 19.7 Å². The van der Waals surface area contributed by atoms with E-state index in [9.17, 15) is 9.59 Å². The Morgan fingerprint density at radius 2 is 2.07 bits per heavy atom. The van der Waals surface area contributed by atoms with Crippen LogP contribution in [0.4, 0.5) is 5.69 Å². The van der Waals surface area contributed by atoms with E-state index in [1.54, 1.807) is 0 Å². The maximum atomic E-state index is 13.5. The van der Waals surface area contributed by atoms with Gasteiger partial charge in [-0.15, -0.1) is 0 Å². The summed E-state index contributed by atoms with van der Waals surface area (Å²) < 4.78 is 5.34. The molecule has 2 saturated heterocycles. The number of carbonyl (C=O) groups excluding carboxylic acids is 2. The number of piperidine rings is 2. The average molecular weight is 364 g/mol. The summed E-state index contributed by atoms with van der Waals surface area (Å²) in [4.78, 5) is 34.0. The summed E-state index contributed by atoms with van der Waals surface area (Å²) in [5.41, 5.74) is 0.361. The number of hydrogen-bond donors (Lipinski definition) is 0. The number of carbonyl (C=O) groups is 2. The largest absolute Gasteiger partial charge is 0.468 e. The SMILES string of the molecule is C/C=C\[C@]12CCN3CC[C@]4(C(=Nc5ccccc54)[C@H]3C1)[C@@]2(C=O)C(=O)OC. The maximum Gasteiger partial charge on any atom is 0.321 e. The van der Waals surface area contributed by atoms with Gasteiger partial charge in [-0.05, 0) is 44.4 Å². The van der Waals surface area contributed by atoms with Gasteiger partial charge in [-0.2, -0.15) is 0 Å². The van der Waals surface area contributed by atoms with E-state index in [-0.39, 0.29) is 6.04 Å². The third-order valence-electron chi connectivity index (χ3n) is 7.60. The zero-order chi connectivity index (χ0) is 18.9. The highest BCUT2D eigenvalue weighted by molar-refractivity contribution is 6.16. The molecule has 0 radical (unpaired) electrons. The molecule has 4 aliphatic rings. The smallest absolute Gasteiger partial charge is 0.321 e. The molecule has 3 aliphatic heterocycles. The molecular formula is C22H24N2O3. The zero-order valence-electron chi connectivity index (χ0n) is 15.8. The molecule has 1 aromatic carbocycles. The van der Waals surface area contributed by atoms with Gasteiger partial charge in [-0.25, -0.2) is 0 Å². The first-order valence-corrected chi connectivity index (χ1v) is 9.71. The Morgan fingerprint density at radius 3 is 2.81 bits per heavy atom. The Balaban J connectivity index is 1.91. The van der Waals surface area contributed by atoms with Crippen molar-refractivity contribution in [1.29, 1.82) is 0 Å². The molecule has 1 aromatic rings. The van der Waals surface area contributed by atoms with Gasteiger partial charge in [0.25, 0.3) is 0 Å². The maximum absolute atomic E-state index is 13.5. The van der Waals surface area contributed by atoms with Crippen LogP contribution in [0.2, 0.25) is 0 Å². The molecule has 3 fully saturated rings. The number of nitrogens with zero attached hydrogens (tertiary/aromatic N) is 2. The fourth-order valence-corrected chi connectivity index (χ4v) is 6.64. The van der Waals surface area contributed by atoms with Gasteiger partial charge < -0.3 is 9.53 Å². The molecule has 5 rings (SSSR count). The van der Waals surface area contributed by atoms with Gasteiger partial charge in [0.15, 0.2) is 0 Å². The molecule has 0 amide bonds. The highest BCUT2D eigenvalue weighted by Gasteiger charge is 2.77. The van der Waals surface area contributed by atoms with E-state index in [1.165, 1.54) is 7.11 Å². The lowest BCUT2D eigenvalue weighted by molar-refractivity contribution is -0.177. The van der Waals surface area contributed by atoms with Crippen molar-refractivity contribution >= 4 is 23.7 Å². The Morgan fingerprint density at radius 1 is 1.30 bits per heavy atom. The number of allylic oxidation sites excluding steroid dienone is 2. The Kier molecular flexibility index (Phi) is 3.36. The lowest BCUT2D eigenvalue weighted by Gasteiger charge is -2.66. The van der Waals surface area contributed by atoms with Crippen molar-refractivity contribution in [2.24, 2.45) is 15.8 Å². The van der Waals surface area contributed by atoms with Crippen molar-refractivity contribution in [3.8, 4) is 0 Å². The summed E-state index contributed by atoms with van der Waals surface area (Å²) in [5, 5.41) is 0. The van der Waals surface area contributed by atoms with Crippen molar-refractivity contribution in [1.82, 2.24) is 4.90 Å². The second-order valence-electron chi connectivity index (χ2n) is 8.25. The molecule has 5 heteroatoms. The van der Waals surface area contributed by atoms with E-state index in [0.717, 1.165) is 49.2 Å². The van der Waals surface area contributed by atoms with Crippen molar-refractivity contribution in [2.75, 3.05) is 20.2 Å². The summed E-state index contributed by atoms with van der Waals surface area (Å²) in [6.45, 7) is 3.71. The molecule has 27 heavy (non-hydrogen) atoms. The third kappa shape index (κ3) is 1.64. The fourth-order valence-electron chi connectivity index (χ4n) is 6.64. The summed E-state index contributed by atoms with van der Waals surface area (Å²) in [7, 11) is 1.40. The molecule has 3 heterocycles. The molecule has 0 N–H and O–H groups in total. The highest BCUT2D eigenvalue weighted by atomic mass is 16.5. The Bertz CT molecular complexity index is 907. The molecule has 4 atom stereocenters. The number of hydrogen-bond acceptors (Lipinski definition) is 5. The quantitative estimate of drug-likeness (QED) is 0.358. The molecule has 140 valence electrons. The summed E-state index contributed by atoms with van der Waals surface area (Å²) in [6.07, 6.45) is 7.23. The Labute approximate surface area is 159 Å². The van der Waals surface area contributed by atoms with Crippen LogP contribution in [-0.4, -0.2) is 49.1 Å². The summed E-state index contributed by atoms with van der Waals surface area (Å²) in [6, 6.07) is 8.18. The number of methoxy groups -OCH3 is 1. The van der Waals surface area contributed by atoms with Crippen molar-refractivity contribution in [2.45, 2.75) is 37.6 Å². The normalized spacial score (nSPS) is 39.0. The monoisotopic (exact) mass is 364 g/mol. The van der Waals surface area contributed by atoms with Crippen LogP contribution >= 0.6 is 0 Å². The molecule has 5 nitrogen and oxygen atoms in total. The minimum Gasteiger partial charge on any atom is -0.468 e. The lowest BCUT2D eigenvalue weighted by atomic mass is 9.38. The van der Waals surface area contributed by atoms with Crippen LogP contribution in [0.15, 0.2) is 41.4 Å². The third-order valence-corrected chi connectivity index (χ3v) is 7.60. The van der Waals surface area contributed by atoms with E-state index in [4.69, 9.17) is 9.73 Å². The fraction of sp³-hybridized carbons (Fsp3) is 0.500. The second-order valence-corrected chi connectivity index (χ2v) is 8.25. The van der Waals surface area contributed by atoms with Crippen LogP contribution in [0.3, 0.4) is 0 Å². The number of rotatable bonds is 3. The topological polar surface area (TPSA) is 59.0 Å². The lowest BCUT2D eigenvalue weighted by Crippen LogP contribution is -2.77. The van der Waals surface area contributed by atoms with E-state index in [1.807, 2.05) is 37.3 Å².